The Hall–Kier alpha value is -0.440. The van der Waals surface area contributed by atoms with Gasteiger partial charge in [-0.15, -0.1) is 0 Å². The summed E-state index contributed by atoms with van der Waals surface area (Å²) in [5.41, 5.74) is 0.924. The highest BCUT2D eigenvalue weighted by molar-refractivity contribution is 8.57. The van der Waals surface area contributed by atoms with E-state index in [1.165, 1.54) is 11.4 Å². The lowest BCUT2D eigenvalue weighted by molar-refractivity contribution is 0.345. The van der Waals surface area contributed by atoms with E-state index in [-0.39, 0.29) is 0 Å². The molecule has 0 spiro atoms. The summed E-state index contributed by atoms with van der Waals surface area (Å²) in [6.07, 6.45) is 0.990. The maximum Gasteiger partial charge on any atom is 0.353 e. The van der Waals surface area contributed by atoms with Crippen molar-refractivity contribution in [3.05, 3.63) is 30.3 Å². The maximum atomic E-state index is 12.7. The Labute approximate surface area is 108 Å². The van der Waals surface area contributed by atoms with Gasteiger partial charge >= 0.3 is 6.72 Å². The van der Waals surface area contributed by atoms with Crippen LogP contribution in [0.15, 0.2) is 30.3 Å². The molecule has 0 aliphatic carbocycles. The first-order valence-corrected chi connectivity index (χ1v) is 8.99. The summed E-state index contributed by atoms with van der Waals surface area (Å²) in [5.74, 6) is 0.842. The summed E-state index contributed by atoms with van der Waals surface area (Å²) in [7, 11) is 1.83. The zero-order chi connectivity index (χ0) is 12.7. The Kier molecular flexibility index (Phi) is 6.10. The highest BCUT2D eigenvalue weighted by Crippen LogP contribution is 2.62. The van der Waals surface area contributed by atoms with E-state index < -0.39 is 6.72 Å². The molecule has 0 heterocycles. The molecular weight excluding hydrogens is 253 g/mol. The molecule has 1 aromatic carbocycles. The Morgan fingerprint density at radius 3 is 2.47 bits per heavy atom. The van der Waals surface area contributed by atoms with E-state index >= 15 is 0 Å². The highest BCUT2D eigenvalue weighted by atomic mass is 32.7. The molecule has 96 valence electrons. The minimum absolute atomic E-state index is 0.463. The van der Waals surface area contributed by atoms with Crippen LogP contribution in [0.5, 0.6) is 0 Å². The molecule has 3 nitrogen and oxygen atoms in total. The molecule has 1 aromatic rings. The van der Waals surface area contributed by atoms with Gasteiger partial charge in [-0.05, 0) is 36.9 Å². The Morgan fingerprint density at radius 1 is 1.29 bits per heavy atom. The van der Waals surface area contributed by atoms with Gasteiger partial charge in [0.15, 0.2) is 0 Å². The SMILES string of the molecule is CCCSP(=O)(OCC)N(C)c1ccccc1. The van der Waals surface area contributed by atoms with Crippen molar-refractivity contribution in [3.63, 3.8) is 0 Å². The topological polar surface area (TPSA) is 29.5 Å². The summed E-state index contributed by atoms with van der Waals surface area (Å²) in [6.45, 7) is 1.61. The first-order chi connectivity index (χ1) is 8.14. The molecule has 1 atom stereocenters. The summed E-state index contributed by atoms with van der Waals surface area (Å²) < 4.78 is 20.0. The highest BCUT2D eigenvalue weighted by Gasteiger charge is 2.29. The van der Waals surface area contributed by atoms with E-state index in [1.54, 1.807) is 4.67 Å². The van der Waals surface area contributed by atoms with Crippen molar-refractivity contribution in [1.82, 2.24) is 0 Å². The van der Waals surface area contributed by atoms with Crippen LogP contribution in [0.1, 0.15) is 20.3 Å². The molecule has 0 bridgehead atoms. The number of para-hydroxylation sites is 1. The van der Waals surface area contributed by atoms with Crippen LogP contribution < -0.4 is 4.67 Å². The summed E-state index contributed by atoms with van der Waals surface area (Å²) in [4.78, 5) is 0. The Morgan fingerprint density at radius 2 is 1.94 bits per heavy atom. The number of anilines is 1. The number of hydrogen-bond acceptors (Lipinski definition) is 3. The van der Waals surface area contributed by atoms with Crippen LogP contribution >= 0.6 is 18.1 Å². The predicted molar refractivity (Wildman–Crippen MR) is 76.8 cm³/mol. The molecule has 0 aliphatic rings. The van der Waals surface area contributed by atoms with Gasteiger partial charge < -0.3 is 4.52 Å². The van der Waals surface area contributed by atoms with Crippen LogP contribution in [0, 0.1) is 0 Å². The average molecular weight is 273 g/mol. The van der Waals surface area contributed by atoms with Crippen LogP contribution in [-0.2, 0) is 9.09 Å². The van der Waals surface area contributed by atoms with E-state index in [0.29, 0.717) is 6.61 Å². The third kappa shape index (κ3) is 4.06. The number of rotatable bonds is 7. The van der Waals surface area contributed by atoms with Gasteiger partial charge in [-0.1, -0.05) is 25.1 Å². The summed E-state index contributed by atoms with van der Waals surface area (Å²) in [5, 5.41) is 0. The predicted octanol–water partition coefficient (Wildman–Crippen LogP) is 4.41. The quantitative estimate of drug-likeness (QED) is 0.688. The van der Waals surface area contributed by atoms with Gasteiger partial charge in [0.25, 0.3) is 0 Å². The standard InChI is InChI=1S/C12H20NO2PS/c1-4-11-17-16(14,15-5-2)13(3)12-9-7-6-8-10-12/h6-10H,4-5,11H2,1-3H3. The molecule has 0 N–H and O–H groups in total. The van der Waals surface area contributed by atoms with Crippen LogP contribution in [0.3, 0.4) is 0 Å². The monoisotopic (exact) mass is 273 g/mol. The van der Waals surface area contributed by atoms with E-state index in [1.807, 2.05) is 44.3 Å². The van der Waals surface area contributed by atoms with Crippen molar-refractivity contribution in [2.45, 2.75) is 20.3 Å². The van der Waals surface area contributed by atoms with Crippen LogP contribution in [0.2, 0.25) is 0 Å². The molecule has 0 saturated heterocycles. The molecular formula is C12H20NO2PS. The number of nitrogens with zero attached hydrogens (tertiary/aromatic N) is 1. The van der Waals surface area contributed by atoms with Gasteiger partial charge in [0.2, 0.25) is 0 Å². The van der Waals surface area contributed by atoms with E-state index in [9.17, 15) is 4.57 Å². The van der Waals surface area contributed by atoms with Crippen molar-refractivity contribution in [2.75, 3.05) is 24.1 Å². The second kappa shape index (κ2) is 7.10. The molecule has 0 saturated carbocycles. The zero-order valence-corrected chi connectivity index (χ0v) is 12.3. The molecule has 0 aromatic heterocycles. The second-order valence-electron chi connectivity index (χ2n) is 3.58. The van der Waals surface area contributed by atoms with Crippen LogP contribution in [0.25, 0.3) is 0 Å². The third-order valence-corrected chi connectivity index (χ3v) is 7.29. The Bertz CT molecular complexity index is 372. The first-order valence-electron chi connectivity index (χ1n) is 5.82. The van der Waals surface area contributed by atoms with Crippen LogP contribution in [-0.4, -0.2) is 19.4 Å². The maximum absolute atomic E-state index is 12.7. The van der Waals surface area contributed by atoms with E-state index in [4.69, 9.17) is 4.52 Å². The minimum atomic E-state index is -2.80. The van der Waals surface area contributed by atoms with E-state index in [2.05, 4.69) is 6.92 Å². The fourth-order valence-electron chi connectivity index (χ4n) is 1.37. The fourth-order valence-corrected chi connectivity index (χ4v) is 5.52. The lowest BCUT2D eigenvalue weighted by Crippen LogP contribution is -2.13. The van der Waals surface area contributed by atoms with Gasteiger partial charge in [-0.3, -0.25) is 9.24 Å². The molecule has 17 heavy (non-hydrogen) atoms. The molecule has 1 unspecified atom stereocenters. The molecule has 1 rings (SSSR count). The lowest BCUT2D eigenvalue weighted by Gasteiger charge is -2.28. The van der Waals surface area contributed by atoms with Crippen molar-refractivity contribution in [2.24, 2.45) is 0 Å². The van der Waals surface area contributed by atoms with Crippen molar-refractivity contribution in [1.29, 1.82) is 0 Å². The van der Waals surface area contributed by atoms with Crippen molar-refractivity contribution >= 4 is 23.8 Å². The van der Waals surface area contributed by atoms with Gasteiger partial charge in [0, 0.05) is 18.5 Å². The fraction of sp³-hybridized carbons (Fsp3) is 0.500. The molecule has 5 heteroatoms. The zero-order valence-electron chi connectivity index (χ0n) is 10.6. The summed E-state index contributed by atoms with van der Waals surface area (Å²) >= 11 is 1.41. The number of benzene rings is 1. The molecule has 0 amide bonds. The van der Waals surface area contributed by atoms with Gasteiger partial charge in [-0.25, -0.2) is 0 Å². The smallest absolute Gasteiger partial charge is 0.306 e. The van der Waals surface area contributed by atoms with Crippen molar-refractivity contribution in [3.8, 4) is 0 Å². The van der Waals surface area contributed by atoms with Gasteiger partial charge in [-0.2, -0.15) is 0 Å². The average Bonchev–Trinajstić information content (AvgIpc) is 2.37. The Balaban J connectivity index is 2.86. The molecule has 0 radical (unpaired) electrons. The third-order valence-electron chi connectivity index (χ3n) is 2.25. The lowest BCUT2D eigenvalue weighted by atomic mass is 10.3. The molecule has 0 aliphatic heterocycles. The normalized spacial score (nSPS) is 14.3. The van der Waals surface area contributed by atoms with E-state index in [0.717, 1.165) is 17.9 Å². The second-order valence-corrected chi connectivity index (χ2v) is 8.20. The number of hydrogen-bond donors (Lipinski definition) is 0. The largest absolute Gasteiger partial charge is 0.353 e. The molecule has 0 fully saturated rings. The van der Waals surface area contributed by atoms with Gasteiger partial charge in [0.05, 0.1) is 6.61 Å². The first kappa shape index (κ1) is 14.6. The van der Waals surface area contributed by atoms with Gasteiger partial charge in [0.1, 0.15) is 0 Å². The van der Waals surface area contributed by atoms with Crippen molar-refractivity contribution < 1.29 is 9.09 Å². The summed E-state index contributed by atoms with van der Waals surface area (Å²) in [6, 6.07) is 9.71. The minimum Gasteiger partial charge on any atom is -0.306 e. The van der Waals surface area contributed by atoms with Crippen LogP contribution in [0.4, 0.5) is 5.69 Å².